The second-order valence-corrected chi connectivity index (χ2v) is 4.27. The van der Waals surface area contributed by atoms with Crippen molar-refractivity contribution in [2.75, 3.05) is 12.4 Å². The molecule has 1 amide bonds. The van der Waals surface area contributed by atoms with Gasteiger partial charge >= 0.3 is 0 Å². The van der Waals surface area contributed by atoms with E-state index in [0.717, 1.165) is 12.8 Å². The van der Waals surface area contributed by atoms with Crippen LogP contribution in [0.4, 0.5) is 5.69 Å². The number of rotatable bonds is 5. The first-order valence-electron chi connectivity index (χ1n) is 6.05. The highest BCUT2D eigenvalue weighted by molar-refractivity contribution is 6.07. The Labute approximate surface area is 111 Å². The van der Waals surface area contributed by atoms with Gasteiger partial charge in [-0.3, -0.25) is 4.79 Å². The molecule has 0 spiro atoms. The van der Waals surface area contributed by atoms with Crippen molar-refractivity contribution in [2.45, 2.75) is 18.9 Å². The molecule has 1 aromatic carbocycles. The molecule has 2 rings (SSSR count). The molecule has 1 aromatic rings. The summed E-state index contributed by atoms with van der Waals surface area (Å²) in [6.45, 7) is 0. The van der Waals surface area contributed by atoms with Crippen LogP contribution >= 0.6 is 0 Å². The van der Waals surface area contributed by atoms with E-state index in [1.807, 2.05) is 12.1 Å². The number of anilines is 1. The summed E-state index contributed by atoms with van der Waals surface area (Å²) in [5.74, 6) is 0.114. The van der Waals surface area contributed by atoms with Crippen LogP contribution in [0.3, 0.4) is 0 Å². The van der Waals surface area contributed by atoms with Crippen LogP contribution in [0.2, 0.25) is 0 Å². The Balaban J connectivity index is 2.06. The van der Waals surface area contributed by atoms with Crippen molar-refractivity contribution in [3.63, 3.8) is 0 Å². The third kappa shape index (κ3) is 3.49. The number of benzene rings is 1. The number of nitrogens with zero attached hydrogens (tertiary/aromatic N) is 1. The number of methoxy groups -OCH3 is 1. The van der Waals surface area contributed by atoms with Gasteiger partial charge in [0.1, 0.15) is 17.4 Å². The molecule has 0 bridgehead atoms. The van der Waals surface area contributed by atoms with Crippen molar-refractivity contribution in [2.24, 2.45) is 0 Å². The highest BCUT2D eigenvalue weighted by Crippen LogP contribution is 2.23. The molecule has 5 nitrogen and oxygen atoms in total. The van der Waals surface area contributed by atoms with E-state index in [9.17, 15) is 4.79 Å². The van der Waals surface area contributed by atoms with Gasteiger partial charge in [-0.15, -0.1) is 0 Å². The Morgan fingerprint density at radius 2 is 2.21 bits per heavy atom. The summed E-state index contributed by atoms with van der Waals surface area (Å²) >= 11 is 0. The Kier molecular flexibility index (Phi) is 4.04. The minimum absolute atomic E-state index is 0.0535. The predicted octanol–water partition coefficient (Wildman–Crippen LogP) is 1.79. The fourth-order valence-electron chi connectivity index (χ4n) is 1.54. The summed E-state index contributed by atoms with van der Waals surface area (Å²) in [7, 11) is 1.53. The van der Waals surface area contributed by atoms with E-state index >= 15 is 0 Å². The van der Waals surface area contributed by atoms with Crippen LogP contribution in [0, 0.1) is 11.3 Å². The van der Waals surface area contributed by atoms with E-state index in [2.05, 4.69) is 10.6 Å². The molecule has 1 saturated carbocycles. The van der Waals surface area contributed by atoms with Crippen LogP contribution in [0.15, 0.2) is 36.0 Å². The molecule has 1 aliphatic rings. The van der Waals surface area contributed by atoms with Crippen LogP contribution < -0.4 is 15.4 Å². The van der Waals surface area contributed by atoms with Crippen molar-refractivity contribution >= 4 is 11.6 Å². The first-order valence-corrected chi connectivity index (χ1v) is 6.05. The summed E-state index contributed by atoms with van der Waals surface area (Å²) in [6, 6.07) is 9.36. The summed E-state index contributed by atoms with van der Waals surface area (Å²) in [5.41, 5.74) is 0.598. The lowest BCUT2D eigenvalue weighted by Gasteiger charge is -2.09. The van der Waals surface area contributed by atoms with Gasteiger partial charge in [-0.05, 0) is 25.0 Å². The average molecular weight is 257 g/mol. The molecule has 0 unspecified atom stereocenters. The third-order valence-corrected chi connectivity index (χ3v) is 2.76. The predicted molar refractivity (Wildman–Crippen MR) is 71.5 cm³/mol. The maximum absolute atomic E-state index is 11.9. The van der Waals surface area contributed by atoms with Crippen LogP contribution in [0.1, 0.15) is 12.8 Å². The van der Waals surface area contributed by atoms with Crippen LogP contribution in [-0.4, -0.2) is 19.1 Å². The number of para-hydroxylation sites is 2. The third-order valence-electron chi connectivity index (χ3n) is 2.76. The van der Waals surface area contributed by atoms with Gasteiger partial charge in [0.05, 0.1) is 12.8 Å². The van der Waals surface area contributed by atoms with Crippen molar-refractivity contribution in [1.29, 1.82) is 5.26 Å². The summed E-state index contributed by atoms with van der Waals surface area (Å²) < 4.78 is 5.14. The first kappa shape index (κ1) is 13.0. The Morgan fingerprint density at radius 3 is 2.84 bits per heavy atom. The van der Waals surface area contributed by atoms with Crippen molar-refractivity contribution in [3.05, 3.63) is 36.0 Å². The smallest absolute Gasteiger partial charge is 0.267 e. The molecule has 5 heteroatoms. The van der Waals surface area contributed by atoms with Gasteiger partial charge in [-0.25, -0.2) is 0 Å². The number of ether oxygens (including phenoxy) is 1. The molecule has 0 radical (unpaired) electrons. The average Bonchev–Trinajstić information content (AvgIpc) is 3.24. The molecule has 1 aliphatic carbocycles. The highest BCUT2D eigenvalue weighted by Gasteiger charge is 2.20. The zero-order valence-corrected chi connectivity index (χ0v) is 10.6. The second kappa shape index (κ2) is 5.91. The first-order chi connectivity index (χ1) is 9.24. The monoisotopic (exact) mass is 257 g/mol. The highest BCUT2D eigenvalue weighted by atomic mass is 16.5. The van der Waals surface area contributed by atoms with E-state index in [1.54, 1.807) is 18.2 Å². The largest absolute Gasteiger partial charge is 0.495 e. The van der Waals surface area contributed by atoms with Crippen LogP contribution in [-0.2, 0) is 4.79 Å². The van der Waals surface area contributed by atoms with Crippen LogP contribution in [0.25, 0.3) is 0 Å². The summed E-state index contributed by atoms with van der Waals surface area (Å²) in [5, 5.41) is 14.7. The molecule has 19 heavy (non-hydrogen) atoms. The minimum atomic E-state index is -0.444. The molecule has 0 aliphatic heterocycles. The lowest BCUT2D eigenvalue weighted by Crippen LogP contribution is -2.17. The standard InChI is InChI=1S/C14H15N3O2/c1-19-13-5-3-2-4-12(13)17-14(18)10(8-15)9-16-11-6-7-11/h2-5,9,11,16H,6-7H2,1H3,(H,17,18)/b10-9-. The lowest BCUT2D eigenvalue weighted by atomic mass is 10.2. The normalized spacial score (nSPS) is 14.4. The number of nitrogens with one attached hydrogen (secondary N) is 2. The number of amides is 1. The van der Waals surface area contributed by atoms with Gasteiger partial charge in [0.2, 0.25) is 0 Å². The van der Waals surface area contributed by atoms with Crippen molar-refractivity contribution in [3.8, 4) is 11.8 Å². The zero-order chi connectivity index (χ0) is 13.7. The zero-order valence-electron chi connectivity index (χ0n) is 10.6. The molecule has 98 valence electrons. The summed E-state index contributed by atoms with van der Waals surface area (Å²) in [6.07, 6.45) is 3.65. The van der Waals surface area contributed by atoms with E-state index in [1.165, 1.54) is 13.3 Å². The quantitative estimate of drug-likeness (QED) is 0.623. The molecule has 0 atom stereocenters. The van der Waals surface area contributed by atoms with Gasteiger partial charge in [0.15, 0.2) is 0 Å². The Morgan fingerprint density at radius 1 is 1.47 bits per heavy atom. The molecule has 1 fully saturated rings. The van der Waals surface area contributed by atoms with E-state index in [0.29, 0.717) is 17.5 Å². The topological polar surface area (TPSA) is 74.1 Å². The van der Waals surface area contributed by atoms with Gasteiger partial charge in [0, 0.05) is 12.2 Å². The lowest BCUT2D eigenvalue weighted by molar-refractivity contribution is -0.112. The maximum Gasteiger partial charge on any atom is 0.267 e. The van der Waals surface area contributed by atoms with Gasteiger partial charge in [0.25, 0.3) is 5.91 Å². The maximum atomic E-state index is 11.9. The van der Waals surface area contributed by atoms with Crippen LogP contribution in [0.5, 0.6) is 5.75 Å². The van der Waals surface area contributed by atoms with Crippen molar-refractivity contribution < 1.29 is 9.53 Å². The number of carbonyl (C=O) groups is 1. The molecular formula is C14H15N3O2. The van der Waals surface area contributed by atoms with E-state index in [4.69, 9.17) is 10.00 Å². The molecule has 0 saturated heterocycles. The van der Waals surface area contributed by atoms with E-state index < -0.39 is 5.91 Å². The minimum Gasteiger partial charge on any atom is -0.495 e. The number of carbonyl (C=O) groups excluding carboxylic acids is 1. The number of nitriles is 1. The van der Waals surface area contributed by atoms with E-state index in [-0.39, 0.29) is 5.57 Å². The summed E-state index contributed by atoms with van der Waals surface area (Å²) in [4.78, 5) is 11.9. The fraction of sp³-hybridized carbons (Fsp3) is 0.286. The van der Waals surface area contributed by atoms with Gasteiger partial charge in [-0.1, -0.05) is 12.1 Å². The Bertz CT molecular complexity index is 542. The molecule has 0 aromatic heterocycles. The van der Waals surface area contributed by atoms with Gasteiger partial charge < -0.3 is 15.4 Å². The SMILES string of the molecule is COc1ccccc1NC(=O)/C(C#N)=C\NC1CC1. The molecule has 0 heterocycles. The van der Waals surface area contributed by atoms with Gasteiger partial charge in [-0.2, -0.15) is 5.26 Å². The second-order valence-electron chi connectivity index (χ2n) is 4.27. The fourth-order valence-corrected chi connectivity index (χ4v) is 1.54. The Hall–Kier alpha value is -2.48. The molecular weight excluding hydrogens is 242 g/mol. The molecule has 2 N–H and O–H groups in total. The van der Waals surface area contributed by atoms with Crippen molar-refractivity contribution in [1.82, 2.24) is 5.32 Å². The number of hydrogen-bond acceptors (Lipinski definition) is 4. The number of hydrogen-bond donors (Lipinski definition) is 2.